The highest BCUT2D eigenvalue weighted by Gasteiger charge is 2.26. The average molecular weight is 315 g/mol. The van der Waals surface area contributed by atoms with Crippen molar-refractivity contribution in [3.63, 3.8) is 0 Å². The second-order valence-electron chi connectivity index (χ2n) is 5.95. The van der Waals surface area contributed by atoms with Crippen molar-refractivity contribution in [1.29, 1.82) is 0 Å². The number of benzene rings is 1. The molecule has 0 saturated heterocycles. The molecule has 1 aliphatic heterocycles. The Bertz CT molecular complexity index is 693. The largest absolute Gasteiger partial charge is 0.307 e. The molecule has 1 amide bonds. The van der Waals surface area contributed by atoms with Crippen LogP contribution in [-0.4, -0.2) is 36.4 Å². The molecule has 0 radical (unpaired) electrons. The van der Waals surface area contributed by atoms with Gasteiger partial charge in [0.05, 0.1) is 5.69 Å². The molecule has 22 heavy (non-hydrogen) atoms. The summed E-state index contributed by atoms with van der Waals surface area (Å²) in [5, 5.41) is 0.996. The summed E-state index contributed by atoms with van der Waals surface area (Å²) >= 11 is 1.52. The molecular formula is C17H21N3OS. The Balaban J connectivity index is 1.90. The van der Waals surface area contributed by atoms with Crippen LogP contribution in [0.4, 0.5) is 5.69 Å². The summed E-state index contributed by atoms with van der Waals surface area (Å²) in [6, 6.07) is 8.21. The summed E-state index contributed by atoms with van der Waals surface area (Å²) in [4.78, 5) is 22.3. The first kappa shape index (κ1) is 15.2. The van der Waals surface area contributed by atoms with E-state index < -0.39 is 0 Å². The molecule has 0 saturated carbocycles. The molecule has 4 nitrogen and oxygen atoms in total. The van der Waals surface area contributed by atoms with Gasteiger partial charge in [0.25, 0.3) is 5.91 Å². The Labute approximate surface area is 135 Å². The lowest BCUT2D eigenvalue weighted by molar-refractivity contribution is 0.0988. The summed E-state index contributed by atoms with van der Waals surface area (Å²) in [5.41, 5.74) is 3.16. The van der Waals surface area contributed by atoms with Crippen molar-refractivity contribution < 1.29 is 4.79 Å². The van der Waals surface area contributed by atoms with E-state index in [0.29, 0.717) is 0 Å². The van der Waals surface area contributed by atoms with Gasteiger partial charge in [0, 0.05) is 18.8 Å². The van der Waals surface area contributed by atoms with Crippen molar-refractivity contribution in [2.45, 2.75) is 26.3 Å². The molecule has 1 aromatic heterocycles. The van der Waals surface area contributed by atoms with Gasteiger partial charge < -0.3 is 9.80 Å². The predicted molar refractivity (Wildman–Crippen MR) is 90.7 cm³/mol. The van der Waals surface area contributed by atoms with Crippen LogP contribution in [0.2, 0.25) is 0 Å². The third-order valence-electron chi connectivity index (χ3n) is 3.84. The van der Waals surface area contributed by atoms with E-state index in [1.807, 2.05) is 44.1 Å². The minimum atomic E-state index is 0.0900. The molecule has 2 aromatic rings. The van der Waals surface area contributed by atoms with E-state index >= 15 is 0 Å². The SMILES string of the molecule is Cc1nc(CN(C)C)sc1C(=O)N1CCCc2ccccc21. The van der Waals surface area contributed by atoms with Gasteiger partial charge in [0.2, 0.25) is 0 Å². The number of anilines is 1. The van der Waals surface area contributed by atoms with E-state index in [1.165, 1.54) is 16.9 Å². The van der Waals surface area contributed by atoms with Crippen LogP contribution in [0.25, 0.3) is 0 Å². The quantitative estimate of drug-likeness (QED) is 0.873. The molecule has 5 heteroatoms. The number of amides is 1. The molecule has 0 aliphatic carbocycles. The van der Waals surface area contributed by atoms with Crippen LogP contribution >= 0.6 is 11.3 Å². The van der Waals surface area contributed by atoms with Gasteiger partial charge in [-0.15, -0.1) is 11.3 Å². The predicted octanol–water partition coefficient (Wildman–Crippen LogP) is 3.11. The van der Waals surface area contributed by atoms with Crippen molar-refractivity contribution >= 4 is 22.9 Å². The van der Waals surface area contributed by atoms with Crippen LogP contribution in [-0.2, 0) is 13.0 Å². The number of thiazole rings is 1. The number of carbonyl (C=O) groups is 1. The van der Waals surface area contributed by atoms with Crippen molar-refractivity contribution in [3.8, 4) is 0 Å². The number of nitrogens with zero attached hydrogens (tertiary/aromatic N) is 3. The molecule has 1 aromatic carbocycles. The molecule has 2 heterocycles. The molecule has 3 rings (SSSR count). The summed E-state index contributed by atoms with van der Waals surface area (Å²) < 4.78 is 0. The lowest BCUT2D eigenvalue weighted by Gasteiger charge is -2.29. The molecule has 0 unspecified atom stereocenters. The molecule has 116 valence electrons. The normalized spacial score (nSPS) is 14.3. The van der Waals surface area contributed by atoms with Crippen LogP contribution in [0.15, 0.2) is 24.3 Å². The Kier molecular flexibility index (Phi) is 4.27. The number of hydrogen-bond acceptors (Lipinski definition) is 4. The highest BCUT2D eigenvalue weighted by molar-refractivity contribution is 7.13. The van der Waals surface area contributed by atoms with Crippen LogP contribution in [0.5, 0.6) is 0 Å². The van der Waals surface area contributed by atoms with Gasteiger partial charge in [-0.3, -0.25) is 4.79 Å². The zero-order valence-electron chi connectivity index (χ0n) is 13.3. The van der Waals surface area contributed by atoms with Gasteiger partial charge in [-0.1, -0.05) is 18.2 Å². The molecule has 0 atom stereocenters. The van der Waals surface area contributed by atoms with Crippen LogP contribution in [0, 0.1) is 6.92 Å². The van der Waals surface area contributed by atoms with Crippen LogP contribution in [0.1, 0.15) is 32.4 Å². The van der Waals surface area contributed by atoms with Gasteiger partial charge in [-0.05, 0) is 45.5 Å². The average Bonchev–Trinajstić information content (AvgIpc) is 2.85. The molecule has 0 N–H and O–H groups in total. The number of aryl methyl sites for hydroxylation is 2. The fourth-order valence-electron chi connectivity index (χ4n) is 2.86. The molecular weight excluding hydrogens is 294 g/mol. The lowest BCUT2D eigenvalue weighted by atomic mass is 10.0. The lowest BCUT2D eigenvalue weighted by Crippen LogP contribution is -2.35. The molecule has 0 spiro atoms. The van der Waals surface area contributed by atoms with Crippen LogP contribution in [0.3, 0.4) is 0 Å². The molecule has 0 bridgehead atoms. The smallest absolute Gasteiger partial charge is 0.270 e. The number of fused-ring (bicyclic) bond motifs is 1. The zero-order chi connectivity index (χ0) is 15.7. The molecule has 0 fully saturated rings. The van der Waals surface area contributed by atoms with Gasteiger partial charge in [0.1, 0.15) is 9.88 Å². The third kappa shape index (κ3) is 2.91. The minimum absolute atomic E-state index is 0.0900. The fourth-order valence-corrected chi connectivity index (χ4v) is 3.99. The first-order valence-corrected chi connectivity index (χ1v) is 8.38. The van der Waals surface area contributed by atoms with E-state index in [1.54, 1.807) is 0 Å². The van der Waals surface area contributed by atoms with E-state index in [0.717, 1.165) is 47.2 Å². The van der Waals surface area contributed by atoms with Crippen LogP contribution < -0.4 is 4.90 Å². The van der Waals surface area contributed by atoms with Crippen molar-refractivity contribution in [1.82, 2.24) is 9.88 Å². The minimum Gasteiger partial charge on any atom is -0.307 e. The summed E-state index contributed by atoms with van der Waals surface area (Å²) in [6.07, 6.45) is 2.07. The number of carbonyl (C=O) groups excluding carboxylic acids is 1. The Morgan fingerprint density at radius 3 is 2.91 bits per heavy atom. The van der Waals surface area contributed by atoms with Crippen molar-refractivity contribution in [3.05, 3.63) is 45.4 Å². The maximum absolute atomic E-state index is 13.0. The maximum atomic E-state index is 13.0. The first-order valence-electron chi connectivity index (χ1n) is 7.57. The topological polar surface area (TPSA) is 36.4 Å². The molecule has 1 aliphatic rings. The van der Waals surface area contributed by atoms with Gasteiger partial charge in [-0.25, -0.2) is 4.98 Å². The number of para-hydroxylation sites is 1. The van der Waals surface area contributed by atoms with Gasteiger partial charge in [-0.2, -0.15) is 0 Å². The Morgan fingerprint density at radius 2 is 2.14 bits per heavy atom. The van der Waals surface area contributed by atoms with E-state index in [-0.39, 0.29) is 5.91 Å². The monoisotopic (exact) mass is 315 g/mol. The highest BCUT2D eigenvalue weighted by atomic mass is 32.1. The number of aromatic nitrogens is 1. The first-order chi connectivity index (χ1) is 10.6. The Morgan fingerprint density at radius 1 is 1.36 bits per heavy atom. The zero-order valence-corrected chi connectivity index (χ0v) is 14.1. The maximum Gasteiger partial charge on any atom is 0.270 e. The third-order valence-corrected chi connectivity index (χ3v) is 4.97. The second kappa shape index (κ2) is 6.18. The van der Waals surface area contributed by atoms with E-state index in [2.05, 4.69) is 16.0 Å². The number of hydrogen-bond donors (Lipinski definition) is 0. The van der Waals surface area contributed by atoms with Gasteiger partial charge >= 0.3 is 0 Å². The summed E-state index contributed by atoms with van der Waals surface area (Å²) in [5.74, 6) is 0.0900. The van der Waals surface area contributed by atoms with Gasteiger partial charge in [0.15, 0.2) is 0 Å². The highest BCUT2D eigenvalue weighted by Crippen LogP contribution is 2.30. The van der Waals surface area contributed by atoms with E-state index in [4.69, 9.17) is 0 Å². The second-order valence-corrected chi connectivity index (χ2v) is 7.03. The van der Waals surface area contributed by atoms with E-state index in [9.17, 15) is 4.79 Å². The van der Waals surface area contributed by atoms with Crippen molar-refractivity contribution in [2.24, 2.45) is 0 Å². The van der Waals surface area contributed by atoms with Crippen molar-refractivity contribution in [2.75, 3.05) is 25.5 Å². The number of rotatable bonds is 3. The Hall–Kier alpha value is -1.72. The summed E-state index contributed by atoms with van der Waals surface area (Å²) in [7, 11) is 4.03. The summed E-state index contributed by atoms with van der Waals surface area (Å²) in [6.45, 7) is 3.49. The standard InChI is InChI=1S/C17H21N3OS/c1-12-16(22-15(18-12)11-19(2)3)17(21)20-10-6-8-13-7-4-5-9-14(13)20/h4-5,7,9H,6,8,10-11H2,1-3H3. The fraction of sp³-hybridized carbons (Fsp3) is 0.412.